The van der Waals surface area contributed by atoms with Crippen LogP contribution < -0.4 is 0 Å². The Hall–Kier alpha value is -2.31. The predicted octanol–water partition coefficient (Wildman–Crippen LogP) is 4.04. The first-order chi connectivity index (χ1) is 17.1. The van der Waals surface area contributed by atoms with E-state index in [0.29, 0.717) is 17.3 Å². The van der Waals surface area contributed by atoms with Gasteiger partial charge in [-0.05, 0) is 43.2 Å². The van der Waals surface area contributed by atoms with E-state index in [1.807, 2.05) is 0 Å². The Kier molecular flexibility index (Phi) is 8.15. The fourth-order valence-corrected chi connectivity index (χ4v) is 7.20. The number of hydrogen-bond donors (Lipinski definition) is 0. The fourth-order valence-electron chi connectivity index (χ4n) is 4.14. The van der Waals surface area contributed by atoms with Crippen molar-refractivity contribution in [2.45, 2.75) is 54.8 Å². The molecular weight excluding hydrogens is 529 g/mol. The highest BCUT2D eigenvalue weighted by Gasteiger charge is 2.30. The van der Waals surface area contributed by atoms with Crippen molar-refractivity contribution in [1.82, 2.24) is 13.9 Å². The minimum absolute atomic E-state index is 0.0335. The lowest BCUT2D eigenvalue weighted by molar-refractivity contribution is 0.0937. The van der Waals surface area contributed by atoms with E-state index >= 15 is 0 Å². The number of hydrogen-bond acceptors (Lipinski definition) is 6. The molecule has 1 aliphatic heterocycles. The lowest BCUT2D eigenvalue weighted by Crippen LogP contribution is -2.32. The van der Waals surface area contributed by atoms with Crippen molar-refractivity contribution >= 4 is 31.5 Å². The van der Waals surface area contributed by atoms with Gasteiger partial charge in [0.2, 0.25) is 25.0 Å². The van der Waals surface area contributed by atoms with Gasteiger partial charge in [-0.1, -0.05) is 36.7 Å². The molecule has 2 heterocycles. The summed E-state index contributed by atoms with van der Waals surface area (Å²) < 4.78 is 75.9. The van der Waals surface area contributed by atoms with Crippen molar-refractivity contribution in [3.8, 4) is 0 Å². The van der Waals surface area contributed by atoms with Gasteiger partial charge in [0.05, 0.1) is 41.7 Å². The van der Waals surface area contributed by atoms with E-state index in [2.05, 4.69) is 4.98 Å². The molecule has 12 heteroatoms. The zero-order valence-electron chi connectivity index (χ0n) is 19.7. The molecule has 0 saturated carbocycles. The van der Waals surface area contributed by atoms with Crippen molar-refractivity contribution in [2.24, 2.45) is 0 Å². The van der Waals surface area contributed by atoms with Gasteiger partial charge in [0.15, 0.2) is 0 Å². The monoisotopic (exact) mass is 555 g/mol. The topological polar surface area (TPSA) is 98.6 Å². The van der Waals surface area contributed by atoms with Gasteiger partial charge in [0, 0.05) is 23.7 Å². The van der Waals surface area contributed by atoms with Crippen LogP contribution in [0, 0.1) is 5.82 Å². The smallest absolute Gasteiger partial charge is 0.243 e. The second-order valence-corrected chi connectivity index (χ2v) is 12.8. The molecule has 0 N–H and O–H groups in total. The van der Waals surface area contributed by atoms with Crippen LogP contribution in [-0.2, 0) is 43.4 Å². The number of halogens is 2. The maximum Gasteiger partial charge on any atom is 0.243 e. The average molecular weight is 556 g/mol. The molecule has 1 aromatic heterocycles. The van der Waals surface area contributed by atoms with E-state index in [1.54, 1.807) is 13.0 Å². The lowest BCUT2D eigenvalue weighted by atomic mass is 10.2. The van der Waals surface area contributed by atoms with Crippen LogP contribution in [0.4, 0.5) is 4.39 Å². The second kappa shape index (κ2) is 11.0. The highest BCUT2D eigenvalue weighted by Crippen LogP contribution is 2.25. The molecule has 1 aliphatic rings. The molecule has 4 rings (SSSR count). The molecule has 1 fully saturated rings. The number of ether oxygens (including phenoxy) is 1. The van der Waals surface area contributed by atoms with Gasteiger partial charge in [0.1, 0.15) is 5.82 Å². The summed E-state index contributed by atoms with van der Waals surface area (Å²) in [5, 5.41) is 0.174. The van der Waals surface area contributed by atoms with Crippen LogP contribution in [0.5, 0.6) is 0 Å². The Balaban J connectivity index is 1.69. The molecule has 2 aromatic carbocycles. The minimum atomic E-state index is -4.05. The Morgan fingerprint density at radius 2 is 1.86 bits per heavy atom. The molecule has 0 spiro atoms. The van der Waals surface area contributed by atoms with E-state index in [1.165, 1.54) is 57.5 Å². The van der Waals surface area contributed by atoms with Gasteiger partial charge in [0.25, 0.3) is 0 Å². The second-order valence-electron chi connectivity index (χ2n) is 8.51. The molecule has 0 amide bonds. The van der Waals surface area contributed by atoms with Crippen molar-refractivity contribution < 1.29 is 26.0 Å². The fraction of sp³-hybridized carbons (Fsp3) is 0.375. The van der Waals surface area contributed by atoms with Crippen LogP contribution in [-0.4, -0.2) is 49.9 Å². The van der Waals surface area contributed by atoms with Crippen LogP contribution in [0.15, 0.2) is 64.8 Å². The molecule has 0 radical (unpaired) electrons. The maximum atomic E-state index is 14.2. The summed E-state index contributed by atoms with van der Waals surface area (Å²) >= 11 is 5.91. The number of rotatable bonds is 10. The van der Waals surface area contributed by atoms with Crippen molar-refractivity contribution in [1.29, 1.82) is 0 Å². The predicted molar refractivity (Wildman–Crippen MR) is 133 cm³/mol. The third kappa shape index (κ3) is 5.81. The molecule has 194 valence electrons. The summed E-state index contributed by atoms with van der Waals surface area (Å²) in [6.45, 7) is 2.51. The molecule has 1 atom stereocenters. The van der Waals surface area contributed by atoms with E-state index in [0.717, 1.165) is 12.8 Å². The summed E-state index contributed by atoms with van der Waals surface area (Å²) in [6, 6.07) is 11.5. The first-order valence-electron chi connectivity index (χ1n) is 11.5. The Morgan fingerprint density at radius 1 is 1.14 bits per heavy atom. The van der Waals surface area contributed by atoms with E-state index in [4.69, 9.17) is 16.3 Å². The number of aromatic nitrogens is 2. The molecule has 0 bridgehead atoms. The first-order valence-corrected chi connectivity index (χ1v) is 15.0. The molecular formula is C24H27ClFN3O5S2. The average Bonchev–Trinajstić information content (AvgIpc) is 3.50. The highest BCUT2D eigenvalue weighted by atomic mass is 35.5. The highest BCUT2D eigenvalue weighted by molar-refractivity contribution is 7.90. The summed E-state index contributed by atoms with van der Waals surface area (Å²) in [5.74, 6) is -1.19. The van der Waals surface area contributed by atoms with Gasteiger partial charge in [-0.15, -0.1) is 0 Å². The van der Waals surface area contributed by atoms with E-state index < -0.39 is 31.4 Å². The molecule has 0 aliphatic carbocycles. The number of benzene rings is 2. The molecule has 36 heavy (non-hydrogen) atoms. The standard InChI is InChI=1S/C24H27ClFN3O5S2/c1-2-28(36(32,33)22-11-9-19(25)10-12-22)15-20-14-27-24(29(20)16-21-7-5-13-34-21)35(30,31)17-18-6-3-4-8-23(18)26/h3-4,6,8-12,14,21H,2,5,7,13,15-17H2,1H3. The summed E-state index contributed by atoms with van der Waals surface area (Å²) in [5.41, 5.74) is 0.434. The summed E-state index contributed by atoms with van der Waals surface area (Å²) in [6.07, 6.45) is 2.72. The zero-order valence-corrected chi connectivity index (χ0v) is 22.1. The van der Waals surface area contributed by atoms with Crippen molar-refractivity contribution in [3.63, 3.8) is 0 Å². The van der Waals surface area contributed by atoms with Gasteiger partial charge in [-0.2, -0.15) is 4.31 Å². The normalized spacial score (nSPS) is 16.6. The SMILES string of the molecule is CCN(Cc1cnc(S(=O)(=O)Cc2ccccc2F)n1CC1CCCO1)S(=O)(=O)c1ccc(Cl)cc1. The Labute approximate surface area is 215 Å². The zero-order chi connectivity index (χ0) is 25.9. The Bertz CT molecular complexity index is 1420. The van der Waals surface area contributed by atoms with E-state index in [9.17, 15) is 21.2 Å². The minimum Gasteiger partial charge on any atom is -0.376 e. The Morgan fingerprint density at radius 3 is 2.50 bits per heavy atom. The first kappa shape index (κ1) is 26.7. The van der Waals surface area contributed by atoms with Gasteiger partial charge in [-0.25, -0.2) is 26.2 Å². The number of nitrogens with zero attached hydrogens (tertiary/aromatic N) is 3. The van der Waals surface area contributed by atoms with Crippen LogP contribution in [0.1, 0.15) is 31.0 Å². The molecule has 1 unspecified atom stereocenters. The number of sulfone groups is 1. The maximum absolute atomic E-state index is 14.2. The van der Waals surface area contributed by atoms with Gasteiger partial charge >= 0.3 is 0 Å². The van der Waals surface area contributed by atoms with Crippen LogP contribution >= 0.6 is 11.6 Å². The number of sulfonamides is 1. The van der Waals surface area contributed by atoms with Crippen LogP contribution in [0.25, 0.3) is 0 Å². The quantitative estimate of drug-likeness (QED) is 0.374. The summed E-state index contributed by atoms with van der Waals surface area (Å²) in [4.78, 5) is 4.24. The van der Waals surface area contributed by atoms with Crippen molar-refractivity contribution in [2.75, 3.05) is 13.2 Å². The third-order valence-corrected chi connectivity index (χ3v) is 9.80. The van der Waals surface area contributed by atoms with E-state index in [-0.39, 0.29) is 41.4 Å². The van der Waals surface area contributed by atoms with Crippen LogP contribution in [0.2, 0.25) is 5.02 Å². The summed E-state index contributed by atoms with van der Waals surface area (Å²) in [7, 11) is -7.94. The van der Waals surface area contributed by atoms with Crippen molar-refractivity contribution in [3.05, 3.63) is 76.8 Å². The van der Waals surface area contributed by atoms with Gasteiger partial charge < -0.3 is 9.30 Å². The number of imidazole rings is 1. The molecule has 1 saturated heterocycles. The molecule has 3 aromatic rings. The third-order valence-electron chi connectivity index (χ3n) is 6.04. The van der Waals surface area contributed by atoms with Gasteiger partial charge in [-0.3, -0.25) is 0 Å². The lowest BCUT2D eigenvalue weighted by Gasteiger charge is -2.22. The van der Waals surface area contributed by atoms with Crippen LogP contribution in [0.3, 0.4) is 0 Å². The molecule has 8 nitrogen and oxygen atoms in total. The largest absolute Gasteiger partial charge is 0.376 e.